The molecule has 0 aliphatic carbocycles. The van der Waals surface area contributed by atoms with Crippen LogP contribution < -0.4 is 10.1 Å². The van der Waals surface area contributed by atoms with Crippen LogP contribution in [0.2, 0.25) is 0 Å². The Morgan fingerprint density at radius 2 is 2.00 bits per heavy atom. The first-order valence-electron chi connectivity index (χ1n) is 4.94. The molecule has 0 fully saturated rings. The van der Waals surface area contributed by atoms with E-state index in [0.717, 1.165) is 12.1 Å². The van der Waals surface area contributed by atoms with Gasteiger partial charge in [-0.05, 0) is 24.3 Å². The fraction of sp³-hybridized carbons (Fsp3) is 0.364. The summed E-state index contributed by atoms with van der Waals surface area (Å²) in [5.41, 5.74) is -0.422. The normalized spacial score (nSPS) is 11.1. The summed E-state index contributed by atoms with van der Waals surface area (Å²) in [6.07, 6.45) is 0. The van der Waals surface area contributed by atoms with Crippen LogP contribution in [0.15, 0.2) is 24.3 Å². The number of hydrogen-bond acceptors (Lipinski definition) is 3. The molecule has 2 N–H and O–H groups in total. The number of aliphatic hydroxyl groups is 1. The molecule has 0 saturated heterocycles. The van der Waals surface area contributed by atoms with Crippen LogP contribution in [0, 0.1) is 0 Å². The summed E-state index contributed by atoms with van der Waals surface area (Å²) in [5, 5.41) is 10.4. The average Bonchev–Trinajstić information content (AvgIpc) is 2.35. The third-order valence-corrected chi connectivity index (χ3v) is 2.14. The number of aliphatic hydroxyl groups excluding tert-OH is 1. The van der Waals surface area contributed by atoms with E-state index in [9.17, 15) is 13.6 Å². The molecule has 0 atom stereocenters. The van der Waals surface area contributed by atoms with Crippen LogP contribution in [0.5, 0.6) is 5.75 Å². The molecule has 0 spiro atoms. The minimum absolute atomic E-state index is 0.204. The summed E-state index contributed by atoms with van der Waals surface area (Å²) >= 11 is 0. The van der Waals surface area contributed by atoms with Crippen molar-refractivity contribution in [3.05, 3.63) is 29.8 Å². The van der Waals surface area contributed by atoms with Crippen LogP contribution in [-0.4, -0.2) is 31.3 Å². The first-order chi connectivity index (χ1) is 8.02. The van der Waals surface area contributed by atoms with Crippen LogP contribution in [-0.2, 0) is 10.7 Å². The Balaban J connectivity index is 2.83. The maximum absolute atomic E-state index is 13.6. The monoisotopic (exact) mass is 245 g/mol. The van der Waals surface area contributed by atoms with Gasteiger partial charge in [0.1, 0.15) is 5.75 Å². The Kier molecular flexibility index (Phi) is 4.39. The Bertz CT molecular complexity index is 379. The van der Waals surface area contributed by atoms with Gasteiger partial charge >= 0.3 is 5.92 Å². The van der Waals surface area contributed by atoms with E-state index in [-0.39, 0.29) is 13.2 Å². The molecule has 4 nitrogen and oxygen atoms in total. The van der Waals surface area contributed by atoms with Crippen molar-refractivity contribution in [2.24, 2.45) is 0 Å². The summed E-state index contributed by atoms with van der Waals surface area (Å²) in [4.78, 5) is 11.2. The zero-order valence-corrected chi connectivity index (χ0v) is 9.24. The van der Waals surface area contributed by atoms with E-state index < -0.39 is 17.4 Å². The van der Waals surface area contributed by atoms with Crippen LogP contribution in [0.4, 0.5) is 8.78 Å². The van der Waals surface area contributed by atoms with Gasteiger partial charge in [-0.25, -0.2) is 0 Å². The summed E-state index contributed by atoms with van der Waals surface area (Å²) in [5.74, 6) is -4.63. The average molecular weight is 245 g/mol. The number of halogens is 2. The fourth-order valence-electron chi connectivity index (χ4n) is 1.21. The van der Waals surface area contributed by atoms with E-state index in [2.05, 4.69) is 0 Å². The number of carbonyl (C=O) groups is 1. The van der Waals surface area contributed by atoms with Gasteiger partial charge in [0.05, 0.1) is 13.7 Å². The van der Waals surface area contributed by atoms with Crippen molar-refractivity contribution in [2.75, 3.05) is 20.3 Å². The SMILES string of the molecule is COc1ccc(C(F)(F)C(=O)NCCO)cc1. The topological polar surface area (TPSA) is 58.6 Å². The zero-order chi connectivity index (χ0) is 12.9. The van der Waals surface area contributed by atoms with Crippen molar-refractivity contribution in [1.82, 2.24) is 5.32 Å². The van der Waals surface area contributed by atoms with Crippen molar-refractivity contribution in [3.63, 3.8) is 0 Å². The number of hydrogen-bond donors (Lipinski definition) is 2. The van der Waals surface area contributed by atoms with Crippen molar-refractivity contribution in [2.45, 2.75) is 5.92 Å². The van der Waals surface area contributed by atoms with Gasteiger partial charge in [0.25, 0.3) is 5.91 Å². The van der Waals surface area contributed by atoms with E-state index in [0.29, 0.717) is 5.75 Å². The van der Waals surface area contributed by atoms with Gasteiger partial charge in [-0.3, -0.25) is 4.79 Å². The Morgan fingerprint density at radius 1 is 1.41 bits per heavy atom. The number of methoxy groups -OCH3 is 1. The largest absolute Gasteiger partial charge is 0.497 e. The summed E-state index contributed by atoms with van der Waals surface area (Å²) in [7, 11) is 1.42. The third-order valence-electron chi connectivity index (χ3n) is 2.14. The molecule has 0 radical (unpaired) electrons. The van der Waals surface area contributed by atoms with Crippen molar-refractivity contribution in [1.29, 1.82) is 0 Å². The lowest BCUT2D eigenvalue weighted by molar-refractivity contribution is -0.147. The maximum atomic E-state index is 13.6. The molecule has 17 heavy (non-hydrogen) atoms. The molecule has 6 heteroatoms. The van der Waals surface area contributed by atoms with Crippen LogP contribution in [0.25, 0.3) is 0 Å². The van der Waals surface area contributed by atoms with Gasteiger partial charge in [0.15, 0.2) is 0 Å². The van der Waals surface area contributed by atoms with E-state index in [1.54, 1.807) is 0 Å². The molecule has 0 saturated carbocycles. The van der Waals surface area contributed by atoms with E-state index in [4.69, 9.17) is 9.84 Å². The summed E-state index contributed by atoms with van der Waals surface area (Å²) in [6, 6.07) is 4.94. The highest BCUT2D eigenvalue weighted by Crippen LogP contribution is 2.29. The molecule has 0 aromatic heterocycles. The molecule has 0 heterocycles. The second-order valence-electron chi connectivity index (χ2n) is 3.28. The first-order valence-corrected chi connectivity index (χ1v) is 4.94. The fourth-order valence-corrected chi connectivity index (χ4v) is 1.21. The lowest BCUT2D eigenvalue weighted by Crippen LogP contribution is -2.39. The van der Waals surface area contributed by atoms with Gasteiger partial charge in [-0.1, -0.05) is 0 Å². The van der Waals surface area contributed by atoms with Gasteiger partial charge in [0.2, 0.25) is 0 Å². The second-order valence-corrected chi connectivity index (χ2v) is 3.28. The van der Waals surface area contributed by atoms with E-state index >= 15 is 0 Å². The van der Waals surface area contributed by atoms with Crippen molar-refractivity contribution < 1.29 is 23.4 Å². The number of amides is 1. The minimum Gasteiger partial charge on any atom is -0.497 e. The zero-order valence-electron chi connectivity index (χ0n) is 9.24. The third kappa shape index (κ3) is 3.13. The smallest absolute Gasteiger partial charge is 0.349 e. The Morgan fingerprint density at radius 3 is 2.47 bits per heavy atom. The van der Waals surface area contributed by atoms with Crippen LogP contribution in [0.3, 0.4) is 0 Å². The number of benzene rings is 1. The lowest BCUT2D eigenvalue weighted by atomic mass is 10.1. The van der Waals surface area contributed by atoms with Crippen LogP contribution in [0.1, 0.15) is 5.56 Å². The highest BCUT2D eigenvalue weighted by atomic mass is 19.3. The molecule has 94 valence electrons. The molecule has 1 aromatic rings. The maximum Gasteiger partial charge on any atom is 0.349 e. The number of ether oxygens (including phenoxy) is 1. The van der Waals surface area contributed by atoms with Crippen molar-refractivity contribution in [3.8, 4) is 5.75 Å². The predicted octanol–water partition coefficient (Wildman–Crippen LogP) is 0.895. The Hall–Kier alpha value is -1.69. The van der Waals surface area contributed by atoms with Gasteiger partial charge in [-0.2, -0.15) is 8.78 Å². The van der Waals surface area contributed by atoms with Crippen molar-refractivity contribution >= 4 is 5.91 Å². The molecule has 1 amide bonds. The van der Waals surface area contributed by atoms with E-state index in [1.807, 2.05) is 5.32 Å². The molecular formula is C11H13F2NO3. The molecule has 0 unspecified atom stereocenters. The number of carbonyl (C=O) groups excluding carboxylic acids is 1. The van der Waals surface area contributed by atoms with Gasteiger partial charge in [-0.15, -0.1) is 0 Å². The highest BCUT2D eigenvalue weighted by molar-refractivity contribution is 5.84. The number of nitrogens with one attached hydrogen (secondary N) is 1. The summed E-state index contributed by atoms with van der Waals surface area (Å²) in [6.45, 7) is -0.588. The quantitative estimate of drug-likeness (QED) is 0.810. The number of rotatable bonds is 5. The second kappa shape index (κ2) is 5.58. The molecule has 0 aliphatic rings. The molecule has 1 rings (SSSR count). The van der Waals surface area contributed by atoms with Crippen LogP contribution >= 0.6 is 0 Å². The van der Waals surface area contributed by atoms with E-state index in [1.165, 1.54) is 19.2 Å². The molecule has 1 aromatic carbocycles. The lowest BCUT2D eigenvalue weighted by Gasteiger charge is -2.16. The molecular weight excluding hydrogens is 232 g/mol. The minimum atomic E-state index is -3.62. The molecule has 0 aliphatic heterocycles. The molecule has 0 bridgehead atoms. The van der Waals surface area contributed by atoms with Gasteiger partial charge in [0, 0.05) is 12.1 Å². The van der Waals surface area contributed by atoms with Gasteiger partial charge < -0.3 is 15.2 Å². The Labute approximate surface area is 97.2 Å². The predicted molar refractivity (Wildman–Crippen MR) is 57.0 cm³/mol. The first kappa shape index (κ1) is 13.4. The highest BCUT2D eigenvalue weighted by Gasteiger charge is 2.40. The number of alkyl halides is 2. The summed E-state index contributed by atoms with van der Waals surface area (Å²) < 4.78 is 32.0. The standard InChI is InChI=1S/C11H13F2NO3/c1-17-9-4-2-8(3-5-9)11(12,13)10(16)14-6-7-15/h2-5,15H,6-7H2,1H3,(H,14,16).